The molecule has 0 spiro atoms. The van der Waals surface area contributed by atoms with Crippen LogP contribution in [-0.4, -0.2) is 57.7 Å². The van der Waals surface area contributed by atoms with Crippen LogP contribution in [0.4, 0.5) is 11.4 Å². The van der Waals surface area contributed by atoms with Crippen LogP contribution < -0.4 is 24.8 Å². The Kier molecular flexibility index (Phi) is 7.72. The molecule has 0 radical (unpaired) electrons. The Morgan fingerprint density at radius 1 is 0.871 bits per heavy atom. The van der Waals surface area contributed by atoms with Crippen LogP contribution in [0.25, 0.3) is 0 Å². The lowest BCUT2D eigenvalue weighted by atomic mass is 9.96. The lowest BCUT2D eigenvalue weighted by Crippen LogP contribution is -2.41. The van der Waals surface area contributed by atoms with Crippen molar-refractivity contribution in [2.45, 2.75) is 12.8 Å². The van der Waals surface area contributed by atoms with Crippen molar-refractivity contribution in [3.63, 3.8) is 0 Å². The zero-order valence-corrected chi connectivity index (χ0v) is 18.1. The van der Waals surface area contributed by atoms with Crippen molar-refractivity contribution in [2.75, 3.05) is 51.6 Å². The molecule has 8 heteroatoms. The van der Waals surface area contributed by atoms with E-state index in [9.17, 15) is 9.59 Å². The second kappa shape index (κ2) is 10.7. The summed E-state index contributed by atoms with van der Waals surface area (Å²) in [4.78, 5) is 27.0. The first kappa shape index (κ1) is 22.4. The second-order valence-electron chi connectivity index (χ2n) is 7.39. The molecule has 0 aliphatic carbocycles. The molecular weight excluding hydrogens is 398 g/mol. The van der Waals surface area contributed by atoms with Crippen LogP contribution in [0.5, 0.6) is 17.2 Å². The molecule has 2 aromatic rings. The summed E-state index contributed by atoms with van der Waals surface area (Å²) in [5.41, 5.74) is 1.40. The molecule has 0 saturated carbocycles. The molecule has 0 aromatic heterocycles. The van der Waals surface area contributed by atoms with Crippen molar-refractivity contribution >= 4 is 23.2 Å². The van der Waals surface area contributed by atoms with Gasteiger partial charge in [0.15, 0.2) is 11.5 Å². The molecule has 1 fully saturated rings. The van der Waals surface area contributed by atoms with E-state index in [1.807, 2.05) is 24.3 Å². The fourth-order valence-corrected chi connectivity index (χ4v) is 3.59. The van der Waals surface area contributed by atoms with E-state index in [2.05, 4.69) is 15.5 Å². The molecule has 0 unspecified atom stereocenters. The topological polar surface area (TPSA) is 89.1 Å². The Labute approximate surface area is 182 Å². The molecular formula is C23H29N3O5. The van der Waals surface area contributed by atoms with E-state index >= 15 is 0 Å². The van der Waals surface area contributed by atoms with Crippen molar-refractivity contribution < 1.29 is 23.8 Å². The van der Waals surface area contributed by atoms with E-state index in [0.717, 1.165) is 11.4 Å². The van der Waals surface area contributed by atoms with Gasteiger partial charge in [-0.05, 0) is 62.3 Å². The Hall–Kier alpha value is -3.26. The summed E-state index contributed by atoms with van der Waals surface area (Å²) in [5.74, 6) is 1.76. The number of carbonyl (C=O) groups excluding carboxylic acids is 2. The highest BCUT2D eigenvalue weighted by atomic mass is 16.5. The molecule has 1 heterocycles. The molecule has 3 rings (SSSR count). The lowest BCUT2D eigenvalue weighted by molar-refractivity contribution is -0.121. The van der Waals surface area contributed by atoms with E-state index in [-0.39, 0.29) is 24.3 Å². The van der Waals surface area contributed by atoms with Crippen LogP contribution in [-0.2, 0) is 9.59 Å². The number of anilines is 2. The molecule has 1 aliphatic rings. The maximum absolute atomic E-state index is 12.5. The standard InChI is InChI=1S/C23H29N3O5/c1-29-19-7-4-17(5-8-19)25-23(28)16-10-12-26(13-11-16)15-22(27)24-18-6-9-20(30-2)21(14-18)31-3/h4-9,14,16H,10-13,15H2,1-3H3,(H,24,27)(H,25,28). The third-order valence-corrected chi connectivity index (χ3v) is 5.35. The first-order chi connectivity index (χ1) is 15.0. The van der Waals surface area contributed by atoms with Crippen LogP contribution in [0.3, 0.4) is 0 Å². The summed E-state index contributed by atoms with van der Waals surface area (Å²) < 4.78 is 15.6. The highest BCUT2D eigenvalue weighted by Crippen LogP contribution is 2.29. The van der Waals surface area contributed by atoms with Crippen LogP contribution in [0.1, 0.15) is 12.8 Å². The highest BCUT2D eigenvalue weighted by Gasteiger charge is 2.26. The molecule has 1 saturated heterocycles. The number of rotatable bonds is 8. The van der Waals surface area contributed by atoms with Crippen LogP contribution in [0, 0.1) is 5.92 Å². The number of hydrogen-bond donors (Lipinski definition) is 2. The Balaban J connectivity index is 1.45. The maximum Gasteiger partial charge on any atom is 0.238 e. The predicted octanol–water partition coefficient (Wildman–Crippen LogP) is 3.00. The predicted molar refractivity (Wildman–Crippen MR) is 119 cm³/mol. The van der Waals surface area contributed by atoms with Gasteiger partial charge in [-0.1, -0.05) is 0 Å². The zero-order valence-electron chi connectivity index (χ0n) is 18.1. The molecule has 0 atom stereocenters. The first-order valence-electron chi connectivity index (χ1n) is 10.2. The van der Waals surface area contributed by atoms with Gasteiger partial charge in [-0.25, -0.2) is 0 Å². The van der Waals surface area contributed by atoms with E-state index in [0.29, 0.717) is 43.1 Å². The summed E-state index contributed by atoms with van der Waals surface area (Å²) in [6.45, 7) is 1.67. The molecule has 8 nitrogen and oxygen atoms in total. The number of nitrogens with zero attached hydrogens (tertiary/aromatic N) is 1. The number of ether oxygens (including phenoxy) is 3. The number of piperidine rings is 1. The van der Waals surface area contributed by atoms with Gasteiger partial charge in [-0.15, -0.1) is 0 Å². The Bertz CT molecular complexity index is 893. The fourth-order valence-electron chi connectivity index (χ4n) is 3.59. The third kappa shape index (κ3) is 6.11. The summed E-state index contributed by atoms with van der Waals surface area (Å²) in [6, 6.07) is 12.5. The van der Waals surface area contributed by atoms with Gasteiger partial charge in [0.05, 0.1) is 27.9 Å². The van der Waals surface area contributed by atoms with Gasteiger partial charge < -0.3 is 24.8 Å². The molecule has 2 amide bonds. The first-order valence-corrected chi connectivity index (χ1v) is 10.2. The SMILES string of the molecule is COc1ccc(NC(=O)C2CCN(CC(=O)Nc3ccc(OC)c(OC)c3)CC2)cc1. The number of benzene rings is 2. The average molecular weight is 428 g/mol. The summed E-state index contributed by atoms with van der Waals surface area (Å²) >= 11 is 0. The zero-order chi connectivity index (χ0) is 22.2. The van der Waals surface area contributed by atoms with Crippen molar-refractivity contribution in [3.8, 4) is 17.2 Å². The monoisotopic (exact) mass is 427 g/mol. The molecule has 0 bridgehead atoms. The maximum atomic E-state index is 12.5. The molecule has 2 N–H and O–H groups in total. The normalized spacial score (nSPS) is 14.5. The van der Waals surface area contributed by atoms with Gasteiger partial charge in [0.1, 0.15) is 5.75 Å². The molecule has 1 aliphatic heterocycles. The Morgan fingerprint density at radius 2 is 1.52 bits per heavy atom. The van der Waals surface area contributed by atoms with Crippen molar-refractivity contribution in [2.24, 2.45) is 5.92 Å². The second-order valence-corrected chi connectivity index (χ2v) is 7.39. The van der Waals surface area contributed by atoms with Gasteiger partial charge in [0.2, 0.25) is 11.8 Å². The number of likely N-dealkylation sites (tertiary alicyclic amines) is 1. The van der Waals surface area contributed by atoms with E-state index < -0.39 is 0 Å². The van der Waals surface area contributed by atoms with Gasteiger partial charge in [-0.2, -0.15) is 0 Å². The number of hydrogen-bond acceptors (Lipinski definition) is 6. The van der Waals surface area contributed by atoms with E-state index in [1.54, 1.807) is 39.5 Å². The van der Waals surface area contributed by atoms with Crippen LogP contribution >= 0.6 is 0 Å². The van der Waals surface area contributed by atoms with E-state index in [1.165, 1.54) is 0 Å². The van der Waals surface area contributed by atoms with E-state index in [4.69, 9.17) is 14.2 Å². The van der Waals surface area contributed by atoms with Gasteiger partial charge in [-0.3, -0.25) is 14.5 Å². The summed E-state index contributed by atoms with van der Waals surface area (Å²) in [5, 5.41) is 5.84. The number of amides is 2. The van der Waals surface area contributed by atoms with Crippen LogP contribution in [0.2, 0.25) is 0 Å². The Morgan fingerprint density at radius 3 is 2.13 bits per heavy atom. The summed E-state index contributed by atoms with van der Waals surface area (Å²) in [6.07, 6.45) is 1.43. The highest BCUT2D eigenvalue weighted by molar-refractivity contribution is 5.93. The molecule has 2 aromatic carbocycles. The summed E-state index contributed by atoms with van der Waals surface area (Å²) in [7, 11) is 4.73. The molecule has 166 valence electrons. The molecule has 31 heavy (non-hydrogen) atoms. The van der Waals surface area contributed by atoms with Gasteiger partial charge >= 0.3 is 0 Å². The minimum absolute atomic E-state index is 0.0135. The number of nitrogens with one attached hydrogen (secondary N) is 2. The van der Waals surface area contributed by atoms with Crippen molar-refractivity contribution in [1.29, 1.82) is 0 Å². The quantitative estimate of drug-likeness (QED) is 0.673. The third-order valence-electron chi connectivity index (χ3n) is 5.35. The largest absolute Gasteiger partial charge is 0.497 e. The fraction of sp³-hybridized carbons (Fsp3) is 0.391. The average Bonchev–Trinajstić information content (AvgIpc) is 2.79. The van der Waals surface area contributed by atoms with Crippen molar-refractivity contribution in [3.05, 3.63) is 42.5 Å². The number of methoxy groups -OCH3 is 3. The smallest absolute Gasteiger partial charge is 0.238 e. The minimum atomic E-state index is -0.103. The van der Waals surface area contributed by atoms with Crippen molar-refractivity contribution in [1.82, 2.24) is 4.90 Å². The van der Waals surface area contributed by atoms with Gasteiger partial charge in [0, 0.05) is 23.4 Å². The lowest BCUT2D eigenvalue weighted by Gasteiger charge is -2.30. The van der Waals surface area contributed by atoms with Crippen LogP contribution in [0.15, 0.2) is 42.5 Å². The van der Waals surface area contributed by atoms with Gasteiger partial charge in [0.25, 0.3) is 0 Å². The minimum Gasteiger partial charge on any atom is -0.497 e. The number of carbonyl (C=O) groups is 2.